The van der Waals surface area contributed by atoms with Gasteiger partial charge in [-0.2, -0.15) is 0 Å². The Morgan fingerprint density at radius 3 is 1.86 bits per heavy atom. The van der Waals surface area contributed by atoms with Crippen LogP contribution in [-0.2, 0) is 0 Å². The van der Waals surface area contributed by atoms with Gasteiger partial charge in [-0.05, 0) is 12.8 Å². The molecular weight excluding hydrogens is 176 g/mol. The molecule has 0 saturated heterocycles. The highest BCUT2D eigenvalue weighted by Crippen LogP contribution is 2.11. The van der Waals surface area contributed by atoms with E-state index in [1.807, 2.05) is 6.92 Å². The van der Waals surface area contributed by atoms with Gasteiger partial charge in [0.2, 0.25) is 0 Å². The van der Waals surface area contributed by atoms with E-state index in [1.54, 1.807) is 0 Å². The summed E-state index contributed by atoms with van der Waals surface area (Å²) in [7, 11) is 0. The Kier molecular flexibility index (Phi) is 9.42. The van der Waals surface area contributed by atoms with E-state index in [0.717, 1.165) is 25.7 Å². The quantitative estimate of drug-likeness (QED) is 0.564. The molecule has 0 amide bonds. The molecule has 2 nitrogen and oxygen atoms in total. The minimum atomic E-state index is -0.508. The van der Waals surface area contributed by atoms with Gasteiger partial charge in [0.15, 0.2) is 0 Å². The molecule has 0 aromatic carbocycles. The number of hydrogen-bond donors (Lipinski definition) is 2. The fourth-order valence-electron chi connectivity index (χ4n) is 1.64. The number of rotatable bonds is 9. The summed E-state index contributed by atoms with van der Waals surface area (Å²) < 4.78 is 0. The summed E-state index contributed by atoms with van der Waals surface area (Å²) in [5.41, 5.74) is 0. The van der Waals surface area contributed by atoms with Gasteiger partial charge in [0, 0.05) is 0 Å². The smallest absolute Gasteiger partial charge is 0.0799 e. The molecule has 0 radical (unpaired) electrons. The molecule has 0 heterocycles. The second kappa shape index (κ2) is 9.47. The molecule has 0 spiro atoms. The van der Waals surface area contributed by atoms with Gasteiger partial charge in [-0.25, -0.2) is 0 Å². The van der Waals surface area contributed by atoms with E-state index in [0.29, 0.717) is 0 Å². The molecule has 0 fully saturated rings. The Morgan fingerprint density at radius 2 is 1.29 bits per heavy atom. The van der Waals surface area contributed by atoms with Crippen LogP contribution in [-0.4, -0.2) is 22.4 Å². The highest BCUT2D eigenvalue weighted by atomic mass is 16.3. The lowest BCUT2D eigenvalue weighted by Gasteiger charge is -2.16. The Labute approximate surface area is 88.3 Å². The van der Waals surface area contributed by atoms with Crippen LogP contribution in [0.25, 0.3) is 0 Å². The highest BCUT2D eigenvalue weighted by molar-refractivity contribution is 4.66. The van der Waals surface area contributed by atoms with Gasteiger partial charge in [-0.3, -0.25) is 0 Å². The average Bonchev–Trinajstić information content (AvgIpc) is 2.17. The number of aliphatic hydroxyl groups is 2. The van der Waals surface area contributed by atoms with E-state index in [9.17, 15) is 10.2 Å². The molecule has 2 N–H and O–H groups in total. The molecule has 2 atom stereocenters. The van der Waals surface area contributed by atoms with Gasteiger partial charge in [0.05, 0.1) is 12.2 Å². The molecule has 14 heavy (non-hydrogen) atoms. The number of unbranched alkanes of at least 4 members (excludes halogenated alkanes) is 4. The molecule has 0 aliphatic heterocycles. The summed E-state index contributed by atoms with van der Waals surface area (Å²) in [6.07, 6.45) is 7.42. The Morgan fingerprint density at radius 1 is 0.714 bits per heavy atom. The minimum Gasteiger partial charge on any atom is -0.390 e. The first kappa shape index (κ1) is 13.9. The molecule has 0 aromatic heterocycles. The summed E-state index contributed by atoms with van der Waals surface area (Å²) in [6.45, 7) is 4.22. The molecule has 86 valence electrons. The maximum atomic E-state index is 9.56. The zero-order chi connectivity index (χ0) is 10.8. The van der Waals surface area contributed by atoms with Crippen LogP contribution >= 0.6 is 0 Å². The molecule has 0 saturated carbocycles. The summed E-state index contributed by atoms with van der Waals surface area (Å²) in [4.78, 5) is 0. The number of aliphatic hydroxyl groups excluding tert-OH is 2. The van der Waals surface area contributed by atoms with Crippen molar-refractivity contribution in [2.45, 2.75) is 77.4 Å². The molecule has 0 aromatic rings. The minimum absolute atomic E-state index is 0.503. The molecule has 0 bridgehead atoms. The zero-order valence-corrected chi connectivity index (χ0v) is 9.71. The van der Waals surface area contributed by atoms with Crippen LogP contribution in [0.3, 0.4) is 0 Å². The molecule has 0 aliphatic rings. The fourth-order valence-corrected chi connectivity index (χ4v) is 1.64. The second-order valence-corrected chi connectivity index (χ2v) is 4.13. The standard InChI is InChI=1S/C12H26O2/c1-3-5-6-7-8-10-12(14)11(13)9-4-2/h11-14H,3-10H2,1-2H3/t11-,12-/m1/s1. The fraction of sp³-hybridized carbons (Fsp3) is 1.00. The van der Waals surface area contributed by atoms with Crippen molar-refractivity contribution in [3.8, 4) is 0 Å². The van der Waals surface area contributed by atoms with E-state index in [2.05, 4.69) is 6.92 Å². The molecule has 0 unspecified atom stereocenters. The Hall–Kier alpha value is -0.0800. The molecular formula is C12H26O2. The van der Waals surface area contributed by atoms with Crippen LogP contribution < -0.4 is 0 Å². The van der Waals surface area contributed by atoms with E-state index < -0.39 is 12.2 Å². The third kappa shape index (κ3) is 7.34. The van der Waals surface area contributed by atoms with Gasteiger partial charge >= 0.3 is 0 Å². The van der Waals surface area contributed by atoms with Gasteiger partial charge in [0.25, 0.3) is 0 Å². The second-order valence-electron chi connectivity index (χ2n) is 4.13. The Balaban J connectivity index is 3.29. The van der Waals surface area contributed by atoms with Gasteiger partial charge < -0.3 is 10.2 Å². The average molecular weight is 202 g/mol. The van der Waals surface area contributed by atoms with Crippen molar-refractivity contribution in [3.05, 3.63) is 0 Å². The number of hydrogen-bond acceptors (Lipinski definition) is 2. The lowest BCUT2D eigenvalue weighted by molar-refractivity contribution is 0.00817. The first-order valence-corrected chi connectivity index (χ1v) is 6.08. The van der Waals surface area contributed by atoms with Crippen LogP contribution in [0.4, 0.5) is 0 Å². The van der Waals surface area contributed by atoms with E-state index >= 15 is 0 Å². The topological polar surface area (TPSA) is 40.5 Å². The third-order valence-corrected chi connectivity index (χ3v) is 2.63. The molecule has 0 rings (SSSR count). The largest absolute Gasteiger partial charge is 0.390 e. The van der Waals surface area contributed by atoms with Crippen LogP contribution in [0.5, 0.6) is 0 Å². The lowest BCUT2D eigenvalue weighted by atomic mass is 10.0. The maximum absolute atomic E-state index is 9.56. The summed E-state index contributed by atoms with van der Waals surface area (Å²) >= 11 is 0. The van der Waals surface area contributed by atoms with Gasteiger partial charge in [0.1, 0.15) is 0 Å². The van der Waals surface area contributed by atoms with Crippen molar-refractivity contribution < 1.29 is 10.2 Å². The van der Waals surface area contributed by atoms with E-state index in [-0.39, 0.29) is 0 Å². The normalized spacial score (nSPS) is 15.4. The van der Waals surface area contributed by atoms with Crippen molar-refractivity contribution >= 4 is 0 Å². The van der Waals surface area contributed by atoms with Crippen molar-refractivity contribution in [3.63, 3.8) is 0 Å². The van der Waals surface area contributed by atoms with E-state index in [1.165, 1.54) is 25.7 Å². The van der Waals surface area contributed by atoms with Crippen molar-refractivity contribution in [1.29, 1.82) is 0 Å². The third-order valence-electron chi connectivity index (χ3n) is 2.63. The van der Waals surface area contributed by atoms with Gasteiger partial charge in [-0.1, -0.05) is 52.4 Å². The van der Waals surface area contributed by atoms with Crippen molar-refractivity contribution in [1.82, 2.24) is 0 Å². The maximum Gasteiger partial charge on any atom is 0.0799 e. The lowest BCUT2D eigenvalue weighted by Crippen LogP contribution is -2.25. The highest BCUT2D eigenvalue weighted by Gasteiger charge is 2.13. The SMILES string of the molecule is CCCCCCC[C@@H](O)[C@H](O)CCC. The summed E-state index contributed by atoms with van der Waals surface area (Å²) in [6, 6.07) is 0. The van der Waals surface area contributed by atoms with Crippen molar-refractivity contribution in [2.75, 3.05) is 0 Å². The Bertz CT molecular complexity index is 115. The molecule has 2 heteroatoms. The predicted octanol–water partition coefficient (Wildman–Crippen LogP) is 2.87. The summed E-state index contributed by atoms with van der Waals surface area (Å²) in [5.74, 6) is 0. The first-order chi connectivity index (χ1) is 6.72. The van der Waals surface area contributed by atoms with Crippen LogP contribution in [0, 0.1) is 0 Å². The zero-order valence-electron chi connectivity index (χ0n) is 9.71. The molecule has 0 aliphatic carbocycles. The summed E-state index contributed by atoms with van der Waals surface area (Å²) in [5, 5.41) is 19.0. The van der Waals surface area contributed by atoms with Crippen LogP contribution in [0.15, 0.2) is 0 Å². The van der Waals surface area contributed by atoms with E-state index in [4.69, 9.17) is 0 Å². The predicted molar refractivity (Wildman–Crippen MR) is 60.3 cm³/mol. The van der Waals surface area contributed by atoms with Crippen LogP contribution in [0.2, 0.25) is 0 Å². The first-order valence-electron chi connectivity index (χ1n) is 6.08. The monoisotopic (exact) mass is 202 g/mol. The van der Waals surface area contributed by atoms with Crippen LogP contribution in [0.1, 0.15) is 65.2 Å². The van der Waals surface area contributed by atoms with Gasteiger partial charge in [-0.15, -0.1) is 0 Å². The van der Waals surface area contributed by atoms with Crippen molar-refractivity contribution in [2.24, 2.45) is 0 Å².